The van der Waals surface area contributed by atoms with Crippen molar-refractivity contribution in [2.45, 2.75) is 18.9 Å². The second kappa shape index (κ2) is 4.53. The van der Waals surface area contributed by atoms with Crippen molar-refractivity contribution >= 4 is 11.5 Å². The summed E-state index contributed by atoms with van der Waals surface area (Å²) in [6.07, 6.45) is 3.88. The molecule has 3 rings (SSSR count). The van der Waals surface area contributed by atoms with Gasteiger partial charge in [0, 0.05) is 19.1 Å². The van der Waals surface area contributed by atoms with Gasteiger partial charge in [-0.25, -0.2) is 0 Å². The van der Waals surface area contributed by atoms with Crippen LogP contribution in [0.3, 0.4) is 0 Å². The van der Waals surface area contributed by atoms with E-state index in [-0.39, 0.29) is 5.82 Å². The largest absolute Gasteiger partial charge is 0.387 e. The van der Waals surface area contributed by atoms with Crippen LogP contribution in [0.2, 0.25) is 0 Å². The highest BCUT2D eigenvalue weighted by Crippen LogP contribution is 2.32. The molecule has 0 amide bonds. The lowest BCUT2D eigenvalue weighted by atomic mass is 9.94. The van der Waals surface area contributed by atoms with Gasteiger partial charge in [-0.2, -0.15) is 0 Å². The lowest BCUT2D eigenvalue weighted by Crippen LogP contribution is -2.40. The third kappa shape index (κ3) is 1.92. The van der Waals surface area contributed by atoms with Crippen molar-refractivity contribution in [3.05, 3.63) is 28.4 Å². The predicted molar refractivity (Wildman–Crippen MR) is 67.6 cm³/mol. The molecule has 3 heterocycles. The first kappa shape index (κ1) is 11.4. The molecule has 0 saturated carbocycles. The number of aromatic nitrogens is 1. The number of nitrogens with zero attached hydrogens (tertiary/aromatic N) is 3. The van der Waals surface area contributed by atoms with E-state index in [1.54, 1.807) is 12.1 Å². The Morgan fingerprint density at radius 3 is 3.17 bits per heavy atom. The summed E-state index contributed by atoms with van der Waals surface area (Å²) < 4.78 is 0. The highest BCUT2D eigenvalue weighted by molar-refractivity contribution is 5.59. The first-order valence-corrected chi connectivity index (χ1v) is 6.33. The number of nitro groups is 1. The summed E-state index contributed by atoms with van der Waals surface area (Å²) in [5.74, 6) is 0.578. The zero-order valence-corrected chi connectivity index (χ0v) is 10.1. The van der Waals surface area contributed by atoms with Crippen LogP contribution in [0, 0.1) is 16.0 Å². The van der Waals surface area contributed by atoms with Gasteiger partial charge >= 0.3 is 5.82 Å². The van der Waals surface area contributed by atoms with Gasteiger partial charge in [0.15, 0.2) is 0 Å². The molecule has 6 heteroatoms. The summed E-state index contributed by atoms with van der Waals surface area (Å²) in [7, 11) is 0. The van der Waals surface area contributed by atoms with Crippen LogP contribution in [0.5, 0.6) is 0 Å². The summed E-state index contributed by atoms with van der Waals surface area (Å²) in [5, 5.41) is 14.5. The van der Waals surface area contributed by atoms with Gasteiger partial charge in [-0.3, -0.25) is 0 Å². The van der Waals surface area contributed by atoms with Crippen LogP contribution in [0.4, 0.5) is 11.5 Å². The normalized spacial score (nSPS) is 27.0. The molecule has 1 aromatic heterocycles. The number of pyridine rings is 1. The number of hydrogen-bond donors (Lipinski definition) is 1. The zero-order chi connectivity index (χ0) is 12.5. The van der Waals surface area contributed by atoms with Crippen LogP contribution in [-0.2, 0) is 0 Å². The minimum atomic E-state index is -0.398. The molecule has 96 valence electrons. The van der Waals surface area contributed by atoms with Gasteiger partial charge in [0.1, 0.15) is 11.9 Å². The molecule has 0 spiro atoms. The maximum Gasteiger partial charge on any atom is 0.387 e. The van der Waals surface area contributed by atoms with Crippen molar-refractivity contribution in [2.75, 3.05) is 24.5 Å². The molecular weight excluding hydrogens is 232 g/mol. The van der Waals surface area contributed by atoms with Gasteiger partial charge in [-0.15, -0.1) is 0 Å². The molecule has 1 N–H and O–H groups in total. The van der Waals surface area contributed by atoms with E-state index in [9.17, 15) is 10.1 Å². The van der Waals surface area contributed by atoms with Gasteiger partial charge in [0.05, 0.1) is 0 Å². The van der Waals surface area contributed by atoms with Gasteiger partial charge < -0.3 is 20.3 Å². The molecule has 2 atom stereocenters. The fraction of sp³-hybridized carbons (Fsp3) is 0.583. The minimum Gasteiger partial charge on any atom is -0.363 e. The molecule has 0 aromatic carbocycles. The lowest BCUT2D eigenvalue weighted by molar-refractivity contribution is -0.388. The standard InChI is InChI=1S/C12H16N4O2/c17-16(18)12-11(4-2-6-14-12)15-7-9-3-1-5-13-10(9)8-15/h2,4,6,9-10,13H,1,3,5,7-8H2/t9-,10+/m0/s1. The summed E-state index contributed by atoms with van der Waals surface area (Å²) in [6.45, 7) is 2.80. The van der Waals surface area contributed by atoms with Crippen LogP contribution >= 0.6 is 0 Å². The van der Waals surface area contributed by atoms with Gasteiger partial charge in [-0.05, 0) is 47.3 Å². The average molecular weight is 248 g/mol. The first-order chi connectivity index (χ1) is 8.75. The molecule has 0 aliphatic carbocycles. The molecule has 2 saturated heterocycles. The molecule has 0 radical (unpaired) electrons. The smallest absolute Gasteiger partial charge is 0.363 e. The average Bonchev–Trinajstić information content (AvgIpc) is 2.82. The Hall–Kier alpha value is -1.69. The first-order valence-electron chi connectivity index (χ1n) is 6.33. The summed E-state index contributed by atoms with van der Waals surface area (Å²) in [6, 6.07) is 4.03. The van der Waals surface area contributed by atoms with E-state index in [0.717, 1.165) is 19.6 Å². The molecule has 2 aliphatic rings. The molecule has 6 nitrogen and oxygen atoms in total. The maximum atomic E-state index is 11.0. The van der Waals surface area contributed by atoms with Crippen molar-refractivity contribution in [3.8, 4) is 0 Å². The van der Waals surface area contributed by atoms with E-state index in [1.807, 2.05) is 0 Å². The van der Waals surface area contributed by atoms with E-state index < -0.39 is 4.92 Å². The second-order valence-electron chi connectivity index (χ2n) is 4.97. The number of rotatable bonds is 2. The SMILES string of the molecule is O=[N+]([O-])c1ncccc1N1C[C@@H]2CCCN[C@@H]2C1. The number of piperidine rings is 1. The van der Waals surface area contributed by atoms with Gasteiger partial charge in [0.25, 0.3) is 0 Å². The van der Waals surface area contributed by atoms with E-state index in [2.05, 4.69) is 15.2 Å². The lowest BCUT2D eigenvalue weighted by Gasteiger charge is -2.24. The minimum absolute atomic E-state index is 0.0313. The monoisotopic (exact) mass is 248 g/mol. The van der Waals surface area contributed by atoms with Crippen molar-refractivity contribution in [3.63, 3.8) is 0 Å². The summed E-state index contributed by atoms with van der Waals surface area (Å²) >= 11 is 0. The van der Waals surface area contributed by atoms with Crippen molar-refractivity contribution in [1.82, 2.24) is 10.3 Å². The highest BCUT2D eigenvalue weighted by Gasteiger charge is 2.36. The van der Waals surface area contributed by atoms with Gasteiger partial charge in [-0.1, -0.05) is 0 Å². The Labute approximate surface area is 105 Å². The van der Waals surface area contributed by atoms with Crippen LogP contribution < -0.4 is 10.2 Å². The van der Waals surface area contributed by atoms with Crippen LogP contribution in [0.25, 0.3) is 0 Å². The number of anilines is 1. The summed E-state index contributed by atoms with van der Waals surface area (Å²) in [5.41, 5.74) is 0.652. The highest BCUT2D eigenvalue weighted by atomic mass is 16.6. The van der Waals surface area contributed by atoms with Gasteiger partial charge in [0.2, 0.25) is 0 Å². The predicted octanol–water partition coefficient (Wildman–Crippen LogP) is 1.18. The van der Waals surface area contributed by atoms with E-state index in [1.165, 1.54) is 19.0 Å². The second-order valence-corrected chi connectivity index (χ2v) is 4.97. The van der Waals surface area contributed by atoms with E-state index >= 15 is 0 Å². The molecule has 18 heavy (non-hydrogen) atoms. The molecule has 2 fully saturated rings. The number of nitrogens with one attached hydrogen (secondary N) is 1. The Morgan fingerprint density at radius 2 is 2.39 bits per heavy atom. The molecule has 0 unspecified atom stereocenters. The van der Waals surface area contributed by atoms with Crippen LogP contribution in [0.15, 0.2) is 18.3 Å². The van der Waals surface area contributed by atoms with Crippen LogP contribution in [0.1, 0.15) is 12.8 Å². The molecule has 0 bridgehead atoms. The quantitative estimate of drug-likeness (QED) is 0.628. The third-order valence-electron chi connectivity index (χ3n) is 3.88. The third-order valence-corrected chi connectivity index (χ3v) is 3.88. The maximum absolute atomic E-state index is 11.0. The fourth-order valence-corrected chi connectivity index (χ4v) is 3.02. The topological polar surface area (TPSA) is 71.3 Å². The Bertz CT molecular complexity index is 451. The van der Waals surface area contributed by atoms with E-state index in [0.29, 0.717) is 17.6 Å². The molecular formula is C12H16N4O2. The summed E-state index contributed by atoms with van der Waals surface area (Å²) in [4.78, 5) is 16.6. The van der Waals surface area contributed by atoms with Crippen molar-refractivity contribution < 1.29 is 4.92 Å². The van der Waals surface area contributed by atoms with E-state index in [4.69, 9.17) is 0 Å². The van der Waals surface area contributed by atoms with Crippen molar-refractivity contribution in [2.24, 2.45) is 5.92 Å². The fourth-order valence-electron chi connectivity index (χ4n) is 3.02. The Morgan fingerprint density at radius 1 is 1.50 bits per heavy atom. The Kier molecular flexibility index (Phi) is 2.87. The van der Waals surface area contributed by atoms with Crippen molar-refractivity contribution in [1.29, 1.82) is 0 Å². The Balaban J connectivity index is 1.85. The number of fused-ring (bicyclic) bond motifs is 1. The van der Waals surface area contributed by atoms with Crippen LogP contribution in [-0.4, -0.2) is 35.6 Å². The molecule has 2 aliphatic heterocycles. The zero-order valence-electron chi connectivity index (χ0n) is 10.1. The molecule has 1 aromatic rings. The number of hydrogen-bond acceptors (Lipinski definition) is 5.